The molecule has 0 spiro atoms. The molecule has 0 N–H and O–H groups in total. The van der Waals surface area contributed by atoms with Crippen LogP contribution in [0.5, 0.6) is 0 Å². The average Bonchev–Trinajstić information content (AvgIpc) is 2.37. The van der Waals surface area contributed by atoms with Crippen molar-refractivity contribution in [3.8, 4) is 0 Å². The molecule has 0 heterocycles. The monoisotopic (exact) mass is 312 g/mol. The zero-order valence-corrected chi connectivity index (χ0v) is 13.0. The van der Waals surface area contributed by atoms with Gasteiger partial charge in [-0.25, -0.2) is 14.2 Å². The lowest BCUT2D eigenvalue weighted by atomic mass is 10.4. The number of ether oxygens (including phenoxy) is 2. The van der Waals surface area contributed by atoms with E-state index >= 15 is 0 Å². The van der Waals surface area contributed by atoms with Gasteiger partial charge in [0.05, 0.1) is 26.4 Å². The van der Waals surface area contributed by atoms with Gasteiger partial charge >= 0.3 is 19.8 Å². The Bertz CT molecular complexity index is 328. The Hall–Kier alpha value is -0.950. The van der Waals surface area contributed by atoms with E-state index in [0.29, 0.717) is 0 Å². The summed E-state index contributed by atoms with van der Waals surface area (Å²) in [5, 5.41) is 0. The van der Waals surface area contributed by atoms with Crippen molar-refractivity contribution in [1.82, 2.24) is 0 Å². The molecule has 8 nitrogen and oxygen atoms in total. The van der Waals surface area contributed by atoms with Crippen molar-refractivity contribution >= 4 is 19.8 Å². The molecule has 0 atom stereocenters. The van der Waals surface area contributed by atoms with Gasteiger partial charge in [-0.2, -0.15) is 0 Å². The highest BCUT2D eigenvalue weighted by Crippen LogP contribution is 2.50. The minimum Gasteiger partial charge on any atom is -0.464 e. The lowest BCUT2D eigenvalue weighted by molar-refractivity contribution is -0.167. The highest BCUT2D eigenvalue weighted by molar-refractivity contribution is 7.48. The van der Waals surface area contributed by atoms with Crippen molar-refractivity contribution in [3.63, 3.8) is 0 Å². The van der Waals surface area contributed by atoms with E-state index in [1.165, 1.54) is 0 Å². The Kier molecular flexibility index (Phi) is 9.41. The summed E-state index contributed by atoms with van der Waals surface area (Å²) in [6.07, 6.45) is -1.81. The summed E-state index contributed by atoms with van der Waals surface area (Å²) in [7, 11) is -4.03. The third-order valence-corrected chi connectivity index (χ3v) is 3.43. The van der Waals surface area contributed by atoms with E-state index < -0.39 is 25.9 Å². The van der Waals surface area contributed by atoms with E-state index in [0.717, 1.165) is 0 Å². The number of esters is 2. The maximum absolute atomic E-state index is 12.2. The molecule has 0 amide bonds. The van der Waals surface area contributed by atoms with Gasteiger partial charge < -0.3 is 9.47 Å². The Balaban J connectivity index is 5.05. The summed E-state index contributed by atoms with van der Waals surface area (Å²) in [5.74, 6) is -2.02. The Morgan fingerprint density at radius 2 is 1.25 bits per heavy atom. The lowest BCUT2D eigenvalue weighted by Crippen LogP contribution is -2.35. The molecule has 0 rings (SSSR count). The quantitative estimate of drug-likeness (QED) is 0.341. The minimum absolute atomic E-state index is 0.0235. The van der Waals surface area contributed by atoms with Crippen molar-refractivity contribution in [2.45, 2.75) is 33.8 Å². The average molecular weight is 312 g/mol. The number of hydrogen-bond donors (Lipinski definition) is 0. The molecular formula is C11H21O8P. The predicted octanol–water partition coefficient (Wildman–Crippen LogP) is 1.68. The molecule has 0 saturated heterocycles. The van der Waals surface area contributed by atoms with Gasteiger partial charge in [-0.15, -0.1) is 0 Å². The molecule has 0 unspecified atom stereocenters. The molecule has 0 fully saturated rings. The third kappa shape index (κ3) is 6.47. The van der Waals surface area contributed by atoms with Crippen molar-refractivity contribution in [2.24, 2.45) is 0 Å². The number of phosphoric acid groups is 1. The number of carbonyl (C=O) groups excluding carboxylic acids is 2. The van der Waals surface area contributed by atoms with Crippen LogP contribution in [0.4, 0.5) is 0 Å². The molecule has 20 heavy (non-hydrogen) atoms. The second-order valence-corrected chi connectivity index (χ2v) is 4.89. The van der Waals surface area contributed by atoms with Crippen LogP contribution in [0.15, 0.2) is 0 Å². The minimum atomic E-state index is -4.03. The second kappa shape index (κ2) is 9.88. The zero-order chi connectivity index (χ0) is 15.6. The second-order valence-electron chi connectivity index (χ2n) is 3.27. The number of carbonyl (C=O) groups is 2. The standard InChI is InChI=1S/C11H21O8P/c1-5-15-10(12)9(11(13)16-6-2)19-20(14,17-7-3)18-8-4/h9H,5-8H2,1-4H3. The van der Waals surface area contributed by atoms with E-state index in [4.69, 9.17) is 13.6 Å². The topological polar surface area (TPSA) is 97.4 Å². The molecule has 118 valence electrons. The smallest absolute Gasteiger partial charge is 0.464 e. The first-order valence-electron chi connectivity index (χ1n) is 6.34. The normalized spacial score (nSPS) is 11.4. The first-order chi connectivity index (χ1) is 9.44. The maximum Gasteiger partial charge on any atom is 0.476 e. The van der Waals surface area contributed by atoms with E-state index in [1.54, 1.807) is 27.7 Å². The Morgan fingerprint density at radius 1 is 0.850 bits per heavy atom. The molecular weight excluding hydrogens is 291 g/mol. The van der Waals surface area contributed by atoms with Gasteiger partial charge in [-0.05, 0) is 27.7 Å². The summed E-state index contributed by atoms with van der Waals surface area (Å²) in [6.45, 7) is 6.37. The van der Waals surface area contributed by atoms with Crippen molar-refractivity contribution in [2.75, 3.05) is 26.4 Å². The van der Waals surface area contributed by atoms with E-state index in [-0.39, 0.29) is 26.4 Å². The van der Waals surface area contributed by atoms with Crippen LogP contribution in [0.2, 0.25) is 0 Å². The van der Waals surface area contributed by atoms with Crippen molar-refractivity contribution in [1.29, 1.82) is 0 Å². The van der Waals surface area contributed by atoms with Gasteiger partial charge in [0.25, 0.3) is 6.10 Å². The van der Waals surface area contributed by atoms with Gasteiger partial charge in [0.15, 0.2) is 0 Å². The van der Waals surface area contributed by atoms with Crippen LogP contribution < -0.4 is 0 Å². The molecule has 0 aromatic heterocycles. The van der Waals surface area contributed by atoms with Crippen LogP contribution in [0.25, 0.3) is 0 Å². The maximum atomic E-state index is 12.2. The SMILES string of the molecule is CCOC(=O)C(OP(=O)(OCC)OCC)C(=O)OCC. The highest BCUT2D eigenvalue weighted by atomic mass is 31.2. The van der Waals surface area contributed by atoms with Crippen LogP contribution in [-0.2, 0) is 37.2 Å². The summed E-state index contributed by atoms with van der Waals surface area (Å²) < 4.78 is 36.1. The van der Waals surface area contributed by atoms with Crippen LogP contribution in [0, 0.1) is 0 Å². The number of hydrogen-bond acceptors (Lipinski definition) is 8. The van der Waals surface area contributed by atoms with Crippen molar-refractivity contribution < 1.29 is 37.2 Å². The Morgan fingerprint density at radius 3 is 1.55 bits per heavy atom. The molecule has 0 radical (unpaired) electrons. The fourth-order valence-electron chi connectivity index (χ4n) is 1.16. The van der Waals surface area contributed by atoms with Gasteiger partial charge in [-0.1, -0.05) is 0 Å². The van der Waals surface area contributed by atoms with Gasteiger partial charge in [0, 0.05) is 0 Å². The van der Waals surface area contributed by atoms with Gasteiger partial charge in [-0.3, -0.25) is 13.6 Å². The summed E-state index contributed by atoms with van der Waals surface area (Å²) >= 11 is 0. The summed E-state index contributed by atoms with van der Waals surface area (Å²) in [6, 6.07) is 0. The predicted molar refractivity (Wildman–Crippen MR) is 69.0 cm³/mol. The number of phosphoric ester groups is 1. The van der Waals surface area contributed by atoms with Crippen LogP contribution >= 0.6 is 7.82 Å². The zero-order valence-electron chi connectivity index (χ0n) is 12.1. The largest absolute Gasteiger partial charge is 0.476 e. The fraction of sp³-hybridized carbons (Fsp3) is 0.818. The van der Waals surface area contributed by atoms with E-state index in [1.807, 2.05) is 0 Å². The van der Waals surface area contributed by atoms with Crippen LogP contribution in [0.1, 0.15) is 27.7 Å². The van der Waals surface area contributed by atoms with Crippen molar-refractivity contribution in [3.05, 3.63) is 0 Å². The molecule has 0 bridgehead atoms. The first-order valence-corrected chi connectivity index (χ1v) is 7.80. The first kappa shape index (κ1) is 19.1. The molecule has 0 saturated carbocycles. The lowest BCUT2D eigenvalue weighted by Gasteiger charge is -2.20. The highest BCUT2D eigenvalue weighted by Gasteiger charge is 2.40. The summed E-state index contributed by atoms with van der Waals surface area (Å²) in [4.78, 5) is 23.3. The molecule has 0 aromatic rings. The van der Waals surface area contributed by atoms with E-state index in [9.17, 15) is 14.2 Å². The molecule has 0 aromatic carbocycles. The molecule has 9 heteroatoms. The third-order valence-electron chi connectivity index (χ3n) is 1.81. The van der Waals surface area contributed by atoms with Gasteiger partial charge in [0.1, 0.15) is 0 Å². The number of rotatable bonds is 10. The molecule has 0 aliphatic carbocycles. The Labute approximate surface area is 118 Å². The van der Waals surface area contributed by atoms with Crippen LogP contribution in [-0.4, -0.2) is 44.5 Å². The molecule has 0 aliphatic rings. The summed E-state index contributed by atoms with van der Waals surface area (Å²) in [5.41, 5.74) is 0. The fourth-order valence-corrected chi connectivity index (χ4v) is 2.42. The van der Waals surface area contributed by atoms with Crippen LogP contribution in [0.3, 0.4) is 0 Å². The van der Waals surface area contributed by atoms with E-state index in [2.05, 4.69) is 9.47 Å². The van der Waals surface area contributed by atoms with Gasteiger partial charge in [0.2, 0.25) is 0 Å². The molecule has 0 aliphatic heterocycles.